The highest BCUT2D eigenvalue weighted by atomic mass is 16.1. The Kier molecular flexibility index (Phi) is 2.82. The fourth-order valence-electron chi connectivity index (χ4n) is 1.88. The van der Waals surface area contributed by atoms with Gasteiger partial charge in [-0.05, 0) is 25.1 Å². The summed E-state index contributed by atoms with van der Waals surface area (Å²) in [4.78, 5) is 18.2. The monoisotopic (exact) mass is 204 g/mol. The summed E-state index contributed by atoms with van der Waals surface area (Å²) in [6.45, 7) is 3.81. The van der Waals surface area contributed by atoms with E-state index in [1.165, 1.54) is 5.56 Å². The van der Waals surface area contributed by atoms with Gasteiger partial charge in [-0.15, -0.1) is 0 Å². The van der Waals surface area contributed by atoms with Crippen molar-refractivity contribution in [3.05, 3.63) is 29.1 Å². The molecule has 2 rings (SSSR count). The Hall–Kier alpha value is -1.22. The summed E-state index contributed by atoms with van der Waals surface area (Å²) in [5.41, 5.74) is 2.98. The number of pyridine rings is 1. The van der Waals surface area contributed by atoms with Gasteiger partial charge in [0.15, 0.2) is 5.78 Å². The van der Waals surface area contributed by atoms with Crippen LogP contribution >= 0.6 is 0 Å². The molecule has 2 heterocycles. The minimum Gasteiger partial charge on any atom is -0.300 e. The first-order valence-electron chi connectivity index (χ1n) is 5.41. The smallest absolute Gasteiger partial charge is 0.180 e. The predicted octanol–water partition coefficient (Wildman–Crippen LogP) is 1.66. The normalized spacial score (nSPS) is 16.1. The minimum atomic E-state index is 0.131. The molecule has 15 heavy (non-hydrogen) atoms. The van der Waals surface area contributed by atoms with E-state index in [-0.39, 0.29) is 5.78 Å². The second-order valence-electron chi connectivity index (χ2n) is 4.07. The van der Waals surface area contributed by atoms with Crippen LogP contribution < -0.4 is 0 Å². The van der Waals surface area contributed by atoms with Crippen LogP contribution in [0.4, 0.5) is 0 Å². The van der Waals surface area contributed by atoms with Gasteiger partial charge in [-0.25, -0.2) is 4.98 Å². The van der Waals surface area contributed by atoms with Gasteiger partial charge in [-0.3, -0.25) is 4.79 Å². The van der Waals surface area contributed by atoms with Gasteiger partial charge in [-0.1, -0.05) is 13.0 Å². The largest absolute Gasteiger partial charge is 0.300 e. The van der Waals surface area contributed by atoms with Crippen molar-refractivity contribution in [3.63, 3.8) is 0 Å². The van der Waals surface area contributed by atoms with Gasteiger partial charge in [0.25, 0.3) is 0 Å². The maximum Gasteiger partial charge on any atom is 0.180 e. The van der Waals surface area contributed by atoms with Crippen LogP contribution in [-0.4, -0.2) is 29.3 Å². The van der Waals surface area contributed by atoms with E-state index < -0.39 is 0 Å². The van der Waals surface area contributed by atoms with Crippen molar-refractivity contribution in [1.82, 2.24) is 9.88 Å². The molecule has 0 unspecified atom stereocenters. The van der Waals surface area contributed by atoms with E-state index in [0.29, 0.717) is 12.1 Å². The highest BCUT2D eigenvalue weighted by Crippen LogP contribution is 2.16. The molecule has 1 aliphatic heterocycles. The Morgan fingerprint density at radius 2 is 2.33 bits per heavy atom. The molecule has 3 nitrogen and oxygen atoms in total. The van der Waals surface area contributed by atoms with Gasteiger partial charge in [0.05, 0.1) is 5.69 Å². The van der Waals surface area contributed by atoms with Gasteiger partial charge in [0, 0.05) is 19.5 Å². The standard InChI is InChI=1S/C12H16N2O/c1-3-12(15)10-5-4-9-6-7-14(2)8-11(9)13-10/h4-5H,3,6-8H2,1-2H3. The molecule has 0 aromatic carbocycles. The highest BCUT2D eigenvalue weighted by Gasteiger charge is 2.16. The maximum atomic E-state index is 11.5. The van der Waals surface area contributed by atoms with Gasteiger partial charge in [-0.2, -0.15) is 0 Å². The molecule has 0 fully saturated rings. The lowest BCUT2D eigenvalue weighted by molar-refractivity contribution is 0.0982. The minimum absolute atomic E-state index is 0.131. The summed E-state index contributed by atoms with van der Waals surface area (Å²) >= 11 is 0. The van der Waals surface area contributed by atoms with E-state index in [1.54, 1.807) is 0 Å². The fraction of sp³-hybridized carbons (Fsp3) is 0.500. The average Bonchev–Trinajstić information content (AvgIpc) is 2.27. The zero-order valence-corrected chi connectivity index (χ0v) is 9.29. The lowest BCUT2D eigenvalue weighted by Crippen LogP contribution is -2.27. The average molecular weight is 204 g/mol. The van der Waals surface area contributed by atoms with E-state index in [2.05, 4.69) is 23.0 Å². The molecule has 3 heteroatoms. The molecule has 0 saturated carbocycles. The second-order valence-corrected chi connectivity index (χ2v) is 4.07. The molecule has 1 aromatic heterocycles. The quantitative estimate of drug-likeness (QED) is 0.687. The summed E-state index contributed by atoms with van der Waals surface area (Å²) < 4.78 is 0. The van der Waals surface area contributed by atoms with Crippen LogP contribution in [-0.2, 0) is 13.0 Å². The van der Waals surface area contributed by atoms with Gasteiger partial charge in [0.2, 0.25) is 0 Å². The van der Waals surface area contributed by atoms with E-state index >= 15 is 0 Å². The molecule has 1 aliphatic rings. The third-order valence-corrected chi connectivity index (χ3v) is 2.86. The first kappa shape index (κ1) is 10.3. The lowest BCUT2D eigenvalue weighted by atomic mass is 10.0. The number of ketones is 1. The molecule has 0 bridgehead atoms. The van der Waals surface area contributed by atoms with Crippen molar-refractivity contribution in [2.45, 2.75) is 26.3 Å². The van der Waals surface area contributed by atoms with Crippen LogP contribution in [0.2, 0.25) is 0 Å². The summed E-state index contributed by atoms with van der Waals surface area (Å²) in [6.07, 6.45) is 1.57. The Morgan fingerprint density at radius 1 is 1.53 bits per heavy atom. The number of aromatic nitrogens is 1. The molecule has 0 radical (unpaired) electrons. The molecular formula is C12H16N2O. The number of nitrogens with zero attached hydrogens (tertiary/aromatic N) is 2. The van der Waals surface area contributed by atoms with E-state index in [1.807, 2.05) is 13.0 Å². The first-order valence-corrected chi connectivity index (χ1v) is 5.41. The number of hydrogen-bond donors (Lipinski definition) is 0. The zero-order valence-electron chi connectivity index (χ0n) is 9.29. The lowest BCUT2D eigenvalue weighted by Gasteiger charge is -2.24. The van der Waals surface area contributed by atoms with Crippen LogP contribution in [0.15, 0.2) is 12.1 Å². The number of hydrogen-bond acceptors (Lipinski definition) is 3. The number of carbonyl (C=O) groups is 1. The van der Waals surface area contributed by atoms with Crippen LogP contribution in [0.3, 0.4) is 0 Å². The SMILES string of the molecule is CCC(=O)c1ccc2c(n1)CN(C)CC2. The number of rotatable bonds is 2. The first-order chi connectivity index (χ1) is 7.20. The third-order valence-electron chi connectivity index (χ3n) is 2.86. The summed E-state index contributed by atoms with van der Waals surface area (Å²) in [6, 6.07) is 3.91. The molecule has 0 amide bonds. The van der Waals surface area contributed by atoms with Crippen molar-refractivity contribution < 1.29 is 4.79 Å². The highest BCUT2D eigenvalue weighted by molar-refractivity contribution is 5.94. The molecule has 0 aliphatic carbocycles. The summed E-state index contributed by atoms with van der Waals surface area (Å²) in [5.74, 6) is 0.131. The molecule has 0 N–H and O–H groups in total. The van der Waals surface area contributed by atoms with E-state index in [0.717, 1.165) is 25.2 Å². The Labute approximate surface area is 90.1 Å². The molecular weight excluding hydrogens is 188 g/mol. The van der Waals surface area contributed by atoms with Gasteiger partial charge in [0.1, 0.15) is 5.69 Å². The van der Waals surface area contributed by atoms with Crippen LogP contribution in [0, 0.1) is 0 Å². The van der Waals surface area contributed by atoms with Crippen molar-refractivity contribution in [2.75, 3.05) is 13.6 Å². The summed E-state index contributed by atoms with van der Waals surface area (Å²) in [7, 11) is 2.08. The number of carbonyl (C=O) groups excluding carboxylic acids is 1. The van der Waals surface area contributed by atoms with Crippen LogP contribution in [0.5, 0.6) is 0 Å². The van der Waals surface area contributed by atoms with Crippen molar-refractivity contribution in [2.24, 2.45) is 0 Å². The Balaban J connectivity index is 2.32. The fourth-order valence-corrected chi connectivity index (χ4v) is 1.88. The van der Waals surface area contributed by atoms with Gasteiger partial charge < -0.3 is 4.90 Å². The molecule has 0 saturated heterocycles. The molecule has 0 spiro atoms. The van der Waals surface area contributed by atoms with Crippen LogP contribution in [0.1, 0.15) is 35.1 Å². The van der Waals surface area contributed by atoms with Crippen LogP contribution in [0.25, 0.3) is 0 Å². The van der Waals surface area contributed by atoms with Crippen molar-refractivity contribution in [3.8, 4) is 0 Å². The van der Waals surface area contributed by atoms with Crippen molar-refractivity contribution >= 4 is 5.78 Å². The molecule has 0 atom stereocenters. The Bertz CT molecular complexity index is 387. The second kappa shape index (κ2) is 4.11. The topological polar surface area (TPSA) is 33.2 Å². The number of likely N-dealkylation sites (N-methyl/N-ethyl adjacent to an activating group) is 1. The zero-order chi connectivity index (χ0) is 10.8. The number of Topliss-reactive ketones (excluding diaryl/α,β-unsaturated/α-hetero) is 1. The molecule has 1 aromatic rings. The Morgan fingerprint density at radius 3 is 3.07 bits per heavy atom. The molecule has 80 valence electrons. The van der Waals surface area contributed by atoms with Crippen molar-refractivity contribution in [1.29, 1.82) is 0 Å². The third kappa shape index (κ3) is 2.07. The van der Waals surface area contributed by atoms with E-state index in [4.69, 9.17) is 0 Å². The predicted molar refractivity (Wildman–Crippen MR) is 58.9 cm³/mol. The summed E-state index contributed by atoms with van der Waals surface area (Å²) in [5, 5.41) is 0. The van der Waals surface area contributed by atoms with E-state index in [9.17, 15) is 4.79 Å². The maximum absolute atomic E-state index is 11.5. The van der Waals surface area contributed by atoms with Gasteiger partial charge >= 0.3 is 0 Å². The number of fused-ring (bicyclic) bond motifs is 1.